The minimum Gasteiger partial charge on any atom is -0.394 e. The van der Waals surface area contributed by atoms with Gasteiger partial charge in [0.15, 0.2) is 0 Å². The van der Waals surface area contributed by atoms with Gasteiger partial charge in [0.1, 0.15) is 0 Å². The van der Waals surface area contributed by atoms with Gasteiger partial charge in [0, 0.05) is 17.5 Å². The molecule has 4 heteroatoms. The molecular formula is C11H19NO2S. The highest BCUT2D eigenvalue weighted by Crippen LogP contribution is 2.10. The summed E-state index contributed by atoms with van der Waals surface area (Å²) in [6.45, 7) is 4.21. The number of hydrogen-bond acceptors (Lipinski definition) is 4. The summed E-state index contributed by atoms with van der Waals surface area (Å²) in [5, 5.41) is 14.0. The molecule has 0 aliphatic heterocycles. The third-order valence-electron chi connectivity index (χ3n) is 2.06. The summed E-state index contributed by atoms with van der Waals surface area (Å²) in [5.41, 5.74) is 0. The maximum absolute atomic E-state index is 8.50. The van der Waals surface area contributed by atoms with E-state index < -0.39 is 0 Å². The summed E-state index contributed by atoms with van der Waals surface area (Å²) < 4.78 is 5.16. The minimum absolute atomic E-state index is 0.102. The molecule has 1 unspecified atom stereocenters. The summed E-state index contributed by atoms with van der Waals surface area (Å²) in [6, 6.07) is 4.71. The van der Waals surface area contributed by atoms with E-state index in [1.54, 1.807) is 11.3 Å². The van der Waals surface area contributed by atoms with Crippen molar-refractivity contribution >= 4 is 11.3 Å². The van der Waals surface area contributed by atoms with Crippen molar-refractivity contribution in [2.45, 2.75) is 19.4 Å². The molecule has 0 aromatic carbocycles. The Morgan fingerprint density at radius 2 is 2.40 bits per heavy atom. The number of rotatable bonds is 8. The molecule has 0 fully saturated rings. The second kappa shape index (κ2) is 7.82. The average Bonchev–Trinajstić information content (AvgIpc) is 2.70. The van der Waals surface area contributed by atoms with Crippen LogP contribution in [0.15, 0.2) is 17.5 Å². The molecule has 0 saturated heterocycles. The molecule has 1 rings (SSSR count). The predicted octanol–water partition coefficient (Wildman–Crippen LogP) is 1.28. The zero-order chi connectivity index (χ0) is 10.9. The van der Waals surface area contributed by atoms with Crippen molar-refractivity contribution in [3.8, 4) is 0 Å². The molecule has 1 heterocycles. The van der Waals surface area contributed by atoms with Gasteiger partial charge in [-0.2, -0.15) is 0 Å². The number of hydrogen-bond donors (Lipinski definition) is 2. The van der Waals surface area contributed by atoms with Crippen LogP contribution in [0.1, 0.15) is 11.8 Å². The van der Waals surface area contributed by atoms with E-state index in [1.807, 2.05) is 0 Å². The fourth-order valence-electron chi connectivity index (χ4n) is 1.35. The number of thiophene rings is 1. The molecule has 0 saturated carbocycles. The SMILES string of the molecule is CC(Cc1cccs1)NCCOCCO. The Balaban J connectivity index is 2.01. The summed E-state index contributed by atoms with van der Waals surface area (Å²) in [4.78, 5) is 1.41. The van der Waals surface area contributed by atoms with Crippen LogP contribution in [-0.2, 0) is 11.2 Å². The Kier molecular flexibility index (Phi) is 6.59. The number of aliphatic hydroxyl groups excluding tert-OH is 1. The smallest absolute Gasteiger partial charge is 0.0698 e. The van der Waals surface area contributed by atoms with Crippen LogP contribution >= 0.6 is 11.3 Å². The maximum Gasteiger partial charge on any atom is 0.0698 e. The third kappa shape index (κ3) is 5.89. The average molecular weight is 229 g/mol. The Bertz CT molecular complexity index is 239. The molecule has 0 aliphatic carbocycles. The predicted molar refractivity (Wildman–Crippen MR) is 63.4 cm³/mol. The van der Waals surface area contributed by atoms with Crippen LogP contribution in [-0.4, -0.2) is 37.5 Å². The summed E-state index contributed by atoms with van der Waals surface area (Å²) in [5.74, 6) is 0. The lowest BCUT2D eigenvalue weighted by Gasteiger charge is -2.12. The highest BCUT2D eigenvalue weighted by Gasteiger charge is 2.02. The van der Waals surface area contributed by atoms with E-state index in [4.69, 9.17) is 9.84 Å². The highest BCUT2D eigenvalue weighted by atomic mass is 32.1. The molecule has 0 amide bonds. The van der Waals surface area contributed by atoms with Crippen molar-refractivity contribution < 1.29 is 9.84 Å². The lowest BCUT2D eigenvalue weighted by atomic mass is 10.2. The van der Waals surface area contributed by atoms with Gasteiger partial charge >= 0.3 is 0 Å². The van der Waals surface area contributed by atoms with Crippen molar-refractivity contribution in [2.24, 2.45) is 0 Å². The zero-order valence-corrected chi connectivity index (χ0v) is 9.93. The Hall–Kier alpha value is -0.420. The van der Waals surface area contributed by atoms with E-state index >= 15 is 0 Å². The molecule has 0 bridgehead atoms. The first-order chi connectivity index (χ1) is 7.33. The Labute approximate surface area is 95.1 Å². The molecule has 1 aromatic rings. The largest absolute Gasteiger partial charge is 0.394 e. The van der Waals surface area contributed by atoms with Crippen molar-refractivity contribution in [3.05, 3.63) is 22.4 Å². The lowest BCUT2D eigenvalue weighted by molar-refractivity contribution is 0.0928. The number of nitrogens with one attached hydrogen (secondary N) is 1. The zero-order valence-electron chi connectivity index (χ0n) is 9.11. The van der Waals surface area contributed by atoms with E-state index in [0.717, 1.165) is 13.0 Å². The van der Waals surface area contributed by atoms with Gasteiger partial charge in [-0.25, -0.2) is 0 Å². The van der Waals surface area contributed by atoms with E-state index in [2.05, 4.69) is 29.8 Å². The molecule has 15 heavy (non-hydrogen) atoms. The van der Waals surface area contributed by atoms with Gasteiger partial charge in [0.05, 0.1) is 19.8 Å². The van der Waals surface area contributed by atoms with Crippen LogP contribution in [0, 0.1) is 0 Å². The standard InChI is InChI=1S/C11H19NO2S/c1-10(9-11-3-2-8-15-11)12-4-6-14-7-5-13/h2-3,8,10,12-13H,4-7,9H2,1H3. The molecule has 2 N–H and O–H groups in total. The van der Waals surface area contributed by atoms with Gasteiger partial charge in [0.2, 0.25) is 0 Å². The molecule has 1 atom stereocenters. The summed E-state index contributed by atoms with van der Waals surface area (Å²) >= 11 is 1.79. The highest BCUT2D eigenvalue weighted by molar-refractivity contribution is 7.09. The van der Waals surface area contributed by atoms with E-state index in [1.165, 1.54) is 4.88 Å². The molecule has 0 spiro atoms. The van der Waals surface area contributed by atoms with Crippen LogP contribution in [0.25, 0.3) is 0 Å². The van der Waals surface area contributed by atoms with E-state index in [9.17, 15) is 0 Å². The first-order valence-electron chi connectivity index (χ1n) is 5.27. The second-order valence-electron chi connectivity index (χ2n) is 3.47. The molecule has 0 radical (unpaired) electrons. The Morgan fingerprint density at radius 1 is 1.53 bits per heavy atom. The van der Waals surface area contributed by atoms with Crippen LogP contribution in [0.5, 0.6) is 0 Å². The fourth-order valence-corrected chi connectivity index (χ4v) is 2.18. The first-order valence-corrected chi connectivity index (χ1v) is 6.15. The van der Waals surface area contributed by atoms with Crippen molar-refractivity contribution in [2.75, 3.05) is 26.4 Å². The summed E-state index contributed by atoms with van der Waals surface area (Å²) in [6.07, 6.45) is 1.07. The molecule has 0 aliphatic rings. The van der Waals surface area contributed by atoms with Gasteiger partial charge in [-0.05, 0) is 24.8 Å². The van der Waals surface area contributed by atoms with Gasteiger partial charge in [-0.3, -0.25) is 0 Å². The first kappa shape index (κ1) is 12.6. The number of aliphatic hydroxyl groups is 1. The number of ether oxygens (including phenoxy) is 1. The summed E-state index contributed by atoms with van der Waals surface area (Å²) in [7, 11) is 0. The normalized spacial score (nSPS) is 12.9. The topological polar surface area (TPSA) is 41.5 Å². The van der Waals surface area contributed by atoms with Gasteiger partial charge < -0.3 is 15.2 Å². The van der Waals surface area contributed by atoms with Gasteiger partial charge in [-0.1, -0.05) is 6.07 Å². The van der Waals surface area contributed by atoms with Crippen LogP contribution in [0.3, 0.4) is 0 Å². The monoisotopic (exact) mass is 229 g/mol. The van der Waals surface area contributed by atoms with E-state index in [0.29, 0.717) is 19.3 Å². The van der Waals surface area contributed by atoms with Crippen molar-refractivity contribution in [3.63, 3.8) is 0 Å². The molecule has 86 valence electrons. The van der Waals surface area contributed by atoms with Crippen LogP contribution < -0.4 is 5.32 Å². The van der Waals surface area contributed by atoms with Gasteiger partial charge in [-0.15, -0.1) is 11.3 Å². The molecular weight excluding hydrogens is 210 g/mol. The lowest BCUT2D eigenvalue weighted by Crippen LogP contribution is -2.31. The van der Waals surface area contributed by atoms with Crippen molar-refractivity contribution in [1.82, 2.24) is 5.32 Å². The van der Waals surface area contributed by atoms with Gasteiger partial charge in [0.25, 0.3) is 0 Å². The minimum atomic E-state index is 0.102. The maximum atomic E-state index is 8.50. The Morgan fingerprint density at radius 3 is 3.07 bits per heavy atom. The van der Waals surface area contributed by atoms with Crippen LogP contribution in [0.4, 0.5) is 0 Å². The third-order valence-corrected chi connectivity index (χ3v) is 2.96. The fraction of sp³-hybridized carbons (Fsp3) is 0.636. The van der Waals surface area contributed by atoms with E-state index in [-0.39, 0.29) is 6.61 Å². The molecule has 3 nitrogen and oxygen atoms in total. The molecule has 1 aromatic heterocycles. The second-order valence-corrected chi connectivity index (χ2v) is 4.51. The van der Waals surface area contributed by atoms with Crippen LogP contribution in [0.2, 0.25) is 0 Å². The van der Waals surface area contributed by atoms with Crippen molar-refractivity contribution in [1.29, 1.82) is 0 Å². The quantitative estimate of drug-likeness (QED) is 0.660.